The lowest BCUT2D eigenvalue weighted by molar-refractivity contribution is -0.152. The largest absolute Gasteiger partial charge is 0.469 e. The van der Waals surface area contributed by atoms with Gasteiger partial charge in [0.1, 0.15) is 11.7 Å². The van der Waals surface area contributed by atoms with Gasteiger partial charge in [-0.05, 0) is 56.6 Å². The zero-order valence-electron chi connectivity index (χ0n) is 26.1. The van der Waals surface area contributed by atoms with Crippen LogP contribution in [0, 0.1) is 44.1 Å². The Labute approximate surface area is 255 Å². The highest BCUT2D eigenvalue weighted by Crippen LogP contribution is 2.41. The Morgan fingerprint density at radius 1 is 1.00 bits per heavy atom. The summed E-state index contributed by atoms with van der Waals surface area (Å²) in [5.41, 5.74) is 2.29. The molecule has 12 nitrogen and oxygen atoms in total. The Hall–Kier alpha value is -4.66. The van der Waals surface area contributed by atoms with E-state index in [1.54, 1.807) is 0 Å². The number of esters is 4. The molecule has 0 amide bonds. The summed E-state index contributed by atoms with van der Waals surface area (Å²) in [4.78, 5) is 59.5. The highest BCUT2D eigenvalue weighted by atomic mass is 16.6. The van der Waals surface area contributed by atoms with Gasteiger partial charge >= 0.3 is 23.9 Å². The number of aromatic nitrogens is 3. The Kier molecular flexibility index (Phi) is 9.77. The van der Waals surface area contributed by atoms with Gasteiger partial charge < -0.3 is 18.9 Å². The van der Waals surface area contributed by atoms with Crippen LogP contribution in [-0.2, 0) is 28.6 Å². The first-order valence-electron chi connectivity index (χ1n) is 14.5. The number of carbonyl (C=O) groups excluding carboxylic acids is 4. The van der Waals surface area contributed by atoms with Crippen molar-refractivity contribution in [2.24, 2.45) is 23.7 Å². The molecule has 0 aliphatic heterocycles. The van der Waals surface area contributed by atoms with Crippen molar-refractivity contribution in [2.75, 3.05) is 14.2 Å². The summed E-state index contributed by atoms with van der Waals surface area (Å²) in [7, 11) is 2.31. The van der Waals surface area contributed by atoms with Gasteiger partial charge in [0.2, 0.25) is 5.88 Å². The van der Waals surface area contributed by atoms with Crippen molar-refractivity contribution in [3.8, 4) is 17.3 Å². The summed E-state index contributed by atoms with van der Waals surface area (Å²) in [5, 5.41) is 3.05. The van der Waals surface area contributed by atoms with Gasteiger partial charge in [-0.15, -0.1) is 0 Å². The van der Waals surface area contributed by atoms with Crippen LogP contribution in [0.4, 0.5) is 5.69 Å². The Morgan fingerprint density at radius 2 is 1.57 bits per heavy atom. The Morgan fingerprint density at radius 3 is 2.09 bits per heavy atom. The second-order valence-electron chi connectivity index (χ2n) is 11.8. The molecule has 2 heterocycles. The predicted molar refractivity (Wildman–Crippen MR) is 159 cm³/mol. The lowest BCUT2D eigenvalue weighted by atomic mass is 9.75. The van der Waals surface area contributed by atoms with Crippen LogP contribution in [0.2, 0.25) is 0 Å². The van der Waals surface area contributed by atoms with Crippen molar-refractivity contribution in [3.05, 3.63) is 46.3 Å². The van der Waals surface area contributed by atoms with Crippen molar-refractivity contribution >= 4 is 35.2 Å². The van der Waals surface area contributed by atoms with Crippen molar-refractivity contribution < 1.29 is 38.1 Å². The van der Waals surface area contributed by atoms with E-state index in [4.69, 9.17) is 16.0 Å². The van der Waals surface area contributed by atoms with Crippen LogP contribution >= 0.6 is 0 Å². The summed E-state index contributed by atoms with van der Waals surface area (Å²) in [6.07, 6.45) is 0.488. The van der Waals surface area contributed by atoms with E-state index in [-0.39, 0.29) is 40.7 Å². The third-order valence-corrected chi connectivity index (χ3v) is 8.05. The third-order valence-electron chi connectivity index (χ3n) is 8.05. The molecule has 0 radical (unpaired) electrons. The van der Waals surface area contributed by atoms with Gasteiger partial charge in [0.15, 0.2) is 11.5 Å². The van der Waals surface area contributed by atoms with Crippen molar-refractivity contribution in [2.45, 2.75) is 66.4 Å². The number of aryl methyl sites for hydroxylation is 2. The maximum absolute atomic E-state index is 13.8. The molecule has 1 fully saturated rings. The molecule has 1 aromatic carbocycles. The Balaban J connectivity index is 1.82. The van der Waals surface area contributed by atoms with E-state index >= 15 is 0 Å². The quantitative estimate of drug-likeness (QED) is 0.193. The summed E-state index contributed by atoms with van der Waals surface area (Å²) in [5.74, 6) is -3.75. The zero-order chi connectivity index (χ0) is 32.3. The maximum atomic E-state index is 13.8. The monoisotopic (exact) mass is 606 g/mol. The van der Waals surface area contributed by atoms with E-state index in [9.17, 15) is 19.2 Å². The molecule has 1 aliphatic carbocycles. The molecule has 2 atom stereocenters. The molecule has 0 spiro atoms. The van der Waals surface area contributed by atoms with E-state index in [0.29, 0.717) is 17.3 Å². The molecule has 1 saturated carbocycles. The number of rotatable bonds is 9. The molecule has 1 N–H and O–H groups in total. The number of carbonyl (C=O) groups is 4. The fraction of sp³-hybridized carbons (Fsp3) is 0.500. The molecule has 0 bridgehead atoms. The van der Waals surface area contributed by atoms with Gasteiger partial charge in [-0.1, -0.05) is 38.0 Å². The number of hydrogen-bond donors (Lipinski definition) is 1. The average Bonchev–Trinajstić information content (AvgIpc) is 3.51. The van der Waals surface area contributed by atoms with Gasteiger partial charge in [0.05, 0.1) is 39.6 Å². The van der Waals surface area contributed by atoms with Gasteiger partial charge in [-0.3, -0.25) is 19.5 Å². The lowest BCUT2D eigenvalue weighted by Gasteiger charge is -2.37. The van der Waals surface area contributed by atoms with Crippen LogP contribution < -0.4 is 4.74 Å². The lowest BCUT2D eigenvalue weighted by Crippen LogP contribution is -2.37. The highest BCUT2D eigenvalue weighted by Gasteiger charge is 2.38. The van der Waals surface area contributed by atoms with Gasteiger partial charge in [-0.2, -0.15) is 0 Å². The smallest absolute Gasteiger partial charge is 0.331 e. The normalized spacial score (nSPS) is 19.8. The number of H-pyrrole nitrogens is 1. The number of hydrogen-bond acceptors (Lipinski definition) is 9. The summed E-state index contributed by atoms with van der Waals surface area (Å²) in [6, 6.07) is 5.81. The fourth-order valence-electron chi connectivity index (χ4n) is 6.20. The number of ether oxygens (including phenoxy) is 4. The topological polar surface area (TPSA) is 143 Å². The molecular formula is C32H38N4O8. The second kappa shape index (κ2) is 13.3. The standard InChI is InChI=1S/C32H38N4O8/c1-16-9-17(2)13-21(12-16)28-34-29-25(32(40)43-27-19(4)10-18(3)11-20(27)5)26(33-6)30(36(29)35-28)44-31(39)22(14-23(37)41-7)15-24(38)42-8/h9,12-13,18-20,22,27H,10-11,14-15H2,1-5,7-8H3,(H,34,35). The summed E-state index contributed by atoms with van der Waals surface area (Å²) in [6.45, 7) is 18.1. The molecule has 44 heavy (non-hydrogen) atoms. The molecule has 234 valence electrons. The maximum Gasteiger partial charge on any atom is 0.331 e. The summed E-state index contributed by atoms with van der Waals surface area (Å²) >= 11 is 0. The molecule has 2 unspecified atom stereocenters. The summed E-state index contributed by atoms with van der Waals surface area (Å²) < 4.78 is 22.4. The van der Waals surface area contributed by atoms with Crippen molar-refractivity contribution in [1.29, 1.82) is 0 Å². The first-order chi connectivity index (χ1) is 20.9. The minimum atomic E-state index is -1.28. The van der Waals surface area contributed by atoms with E-state index < -0.39 is 42.6 Å². The molecule has 0 saturated heterocycles. The van der Waals surface area contributed by atoms with E-state index in [2.05, 4.69) is 31.3 Å². The average molecular weight is 607 g/mol. The number of nitrogens with zero attached hydrogens (tertiary/aromatic N) is 3. The number of benzene rings is 1. The first kappa shape index (κ1) is 32.3. The van der Waals surface area contributed by atoms with Crippen molar-refractivity contribution in [3.63, 3.8) is 0 Å². The third kappa shape index (κ3) is 6.77. The molecule has 3 aromatic rings. The molecular weight excluding hydrogens is 568 g/mol. The minimum Gasteiger partial charge on any atom is -0.469 e. The zero-order valence-corrected chi connectivity index (χ0v) is 26.1. The minimum absolute atomic E-state index is 0.0416. The number of methoxy groups -OCH3 is 2. The van der Waals surface area contributed by atoms with Crippen molar-refractivity contribution in [1.82, 2.24) is 14.6 Å². The van der Waals surface area contributed by atoms with Crippen LogP contribution in [0.3, 0.4) is 0 Å². The van der Waals surface area contributed by atoms with Gasteiger partial charge in [0, 0.05) is 5.56 Å². The second-order valence-corrected chi connectivity index (χ2v) is 11.8. The number of aromatic amines is 1. The van der Waals surface area contributed by atoms with E-state index in [1.807, 2.05) is 45.9 Å². The van der Waals surface area contributed by atoms with Crippen LogP contribution in [-0.4, -0.2) is 58.8 Å². The fourth-order valence-corrected chi connectivity index (χ4v) is 6.20. The predicted octanol–water partition coefficient (Wildman–Crippen LogP) is 5.37. The molecule has 2 aromatic heterocycles. The molecule has 1 aliphatic rings. The van der Waals surface area contributed by atoms with Gasteiger partial charge in [0.25, 0.3) is 5.69 Å². The van der Waals surface area contributed by atoms with Crippen LogP contribution in [0.1, 0.15) is 67.9 Å². The van der Waals surface area contributed by atoms with Crippen LogP contribution in [0.15, 0.2) is 18.2 Å². The highest BCUT2D eigenvalue weighted by molar-refractivity contribution is 6.05. The van der Waals surface area contributed by atoms with Crippen LogP contribution in [0.25, 0.3) is 21.9 Å². The first-order valence-corrected chi connectivity index (χ1v) is 14.5. The molecule has 12 heteroatoms. The van der Waals surface area contributed by atoms with Crippen LogP contribution in [0.5, 0.6) is 5.88 Å². The number of nitrogens with one attached hydrogen (secondary N) is 1. The van der Waals surface area contributed by atoms with Gasteiger partial charge in [-0.25, -0.2) is 19.1 Å². The Bertz CT molecular complexity index is 1580. The van der Waals surface area contributed by atoms with E-state index in [1.165, 1.54) is 4.52 Å². The number of fused-ring (bicyclic) bond motifs is 1. The molecule has 4 rings (SSSR count). The van der Waals surface area contributed by atoms with E-state index in [0.717, 1.165) is 38.2 Å². The SMILES string of the molecule is [C-]#[N+]c1c(C(=O)OC2C(C)CC(C)CC2C)c2nc(-c3cc(C)cc(C)c3)[nH]n2c1OC(=O)C(CC(=O)OC)CC(=O)OC.